The van der Waals surface area contributed by atoms with Crippen molar-refractivity contribution in [3.8, 4) is 0 Å². The van der Waals surface area contributed by atoms with Gasteiger partial charge in [0.1, 0.15) is 11.6 Å². The molecule has 19 heavy (non-hydrogen) atoms. The smallest absolute Gasteiger partial charge is 0.110 e. The Hall–Kier alpha value is -2.07. The molecular formula is C15H17N3O. The number of nitrogens with zero attached hydrogens (tertiary/aromatic N) is 2. The molecule has 0 saturated heterocycles. The number of aryl methyl sites for hydroxylation is 3. The summed E-state index contributed by atoms with van der Waals surface area (Å²) in [6.45, 7) is 0.520. The lowest BCUT2D eigenvalue weighted by Gasteiger charge is -2.01. The number of nitrogens with two attached hydrogens (primary N) is 1. The van der Waals surface area contributed by atoms with Crippen LogP contribution in [0.1, 0.15) is 17.1 Å². The summed E-state index contributed by atoms with van der Waals surface area (Å²) in [4.78, 5) is 4.72. The molecule has 4 nitrogen and oxygen atoms in total. The minimum Gasteiger partial charge on any atom is -0.469 e. The molecule has 2 N–H and O–H groups in total. The summed E-state index contributed by atoms with van der Waals surface area (Å²) in [6.07, 6.45) is 3.43. The fraction of sp³-hybridized carbons (Fsp3) is 0.267. The van der Waals surface area contributed by atoms with Crippen LogP contribution in [0.3, 0.4) is 0 Å². The Morgan fingerprint density at radius 3 is 2.84 bits per heavy atom. The average Bonchev–Trinajstić information content (AvgIpc) is 3.05. The molecule has 0 radical (unpaired) electrons. The van der Waals surface area contributed by atoms with Crippen LogP contribution in [-0.2, 0) is 26.4 Å². The fourth-order valence-electron chi connectivity index (χ4n) is 2.40. The minimum atomic E-state index is 0.520. The number of rotatable bonds is 4. The van der Waals surface area contributed by atoms with Crippen molar-refractivity contribution in [3.05, 3.63) is 53.7 Å². The Morgan fingerprint density at radius 1 is 1.21 bits per heavy atom. The van der Waals surface area contributed by atoms with E-state index in [-0.39, 0.29) is 0 Å². The highest BCUT2D eigenvalue weighted by molar-refractivity contribution is 5.79. The molecule has 0 unspecified atom stereocenters. The van der Waals surface area contributed by atoms with E-state index in [0.29, 0.717) is 6.54 Å². The lowest BCUT2D eigenvalue weighted by Crippen LogP contribution is -1.99. The van der Waals surface area contributed by atoms with Gasteiger partial charge in [0.05, 0.1) is 17.3 Å². The van der Waals surface area contributed by atoms with E-state index in [0.717, 1.165) is 41.0 Å². The third-order valence-electron chi connectivity index (χ3n) is 3.48. The molecule has 98 valence electrons. The van der Waals surface area contributed by atoms with E-state index in [9.17, 15) is 0 Å². The van der Waals surface area contributed by atoms with E-state index in [4.69, 9.17) is 15.1 Å². The number of para-hydroxylation sites is 1. The van der Waals surface area contributed by atoms with Crippen LogP contribution < -0.4 is 5.73 Å². The van der Waals surface area contributed by atoms with E-state index in [1.54, 1.807) is 6.26 Å². The summed E-state index contributed by atoms with van der Waals surface area (Å²) in [5.41, 5.74) is 9.01. The summed E-state index contributed by atoms with van der Waals surface area (Å²) in [5, 5.41) is 0. The van der Waals surface area contributed by atoms with Crippen molar-refractivity contribution in [2.45, 2.75) is 19.4 Å². The highest BCUT2D eigenvalue weighted by Gasteiger charge is 2.10. The lowest BCUT2D eigenvalue weighted by molar-refractivity contribution is 0.505. The van der Waals surface area contributed by atoms with E-state index in [1.165, 1.54) is 0 Å². The number of benzene rings is 1. The van der Waals surface area contributed by atoms with Gasteiger partial charge in [0.2, 0.25) is 0 Å². The van der Waals surface area contributed by atoms with Crippen molar-refractivity contribution in [3.63, 3.8) is 0 Å². The van der Waals surface area contributed by atoms with Gasteiger partial charge in [-0.2, -0.15) is 0 Å². The maximum atomic E-state index is 5.76. The second kappa shape index (κ2) is 4.90. The molecule has 0 atom stereocenters. The zero-order chi connectivity index (χ0) is 13.2. The first-order chi connectivity index (χ1) is 9.29. The zero-order valence-electron chi connectivity index (χ0n) is 11.0. The van der Waals surface area contributed by atoms with Crippen LogP contribution in [-0.4, -0.2) is 9.55 Å². The molecule has 0 aliphatic heterocycles. The largest absolute Gasteiger partial charge is 0.469 e. The fourth-order valence-corrected chi connectivity index (χ4v) is 2.40. The highest BCUT2D eigenvalue weighted by atomic mass is 16.3. The molecule has 3 aromatic rings. The third-order valence-corrected chi connectivity index (χ3v) is 3.48. The molecule has 4 heteroatoms. The summed E-state index contributed by atoms with van der Waals surface area (Å²) in [6, 6.07) is 10.1. The number of furan rings is 1. The molecule has 2 aromatic heterocycles. The van der Waals surface area contributed by atoms with Gasteiger partial charge >= 0.3 is 0 Å². The Morgan fingerprint density at radius 2 is 2.11 bits per heavy atom. The van der Waals surface area contributed by atoms with Gasteiger partial charge in [-0.05, 0) is 23.8 Å². The van der Waals surface area contributed by atoms with Crippen LogP contribution in [0.15, 0.2) is 41.0 Å². The van der Waals surface area contributed by atoms with Gasteiger partial charge in [-0.3, -0.25) is 0 Å². The SMILES string of the molecule is Cn1c(CCc2ccco2)nc2c(CN)cccc21. The van der Waals surface area contributed by atoms with Crippen LogP contribution in [0.25, 0.3) is 11.0 Å². The first kappa shape index (κ1) is 12.0. The molecular weight excluding hydrogens is 238 g/mol. The summed E-state index contributed by atoms with van der Waals surface area (Å²) < 4.78 is 7.49. The number of hydrogen-bond donors (Lipinski definition) is 1. The second-order valence-corrected chi connectivity index (χ2v) is 4.66. The van der Waals surface area contributed by atoms with Crippen LogP contribution in [0.2, 0.25) is 0 Å². The predicted molar refractivity (Wildman–Crippen MR) is 74.7 cm³/mol. The third kappa shape index (κ3) is 2.15. The van der Waals surface area contributed by atoms with Crippen LogP contribution in [0.5, 0.6) is 0 Å². The monoisotopic (exact) mass is 255 g/mol. The Labute approximate surface area is 111 Å². The van der Waals surface area contributed by atoms with Gasteiger partial charge in [-0.15, -0.1) is 0 Å². The molecule has 2 heterocycles. The van der Waals surface area contributed by atoms with Crippen molar-refractivity contribution in [2.75, 3.05) is 0 Å². The summed E-state index contributed by atoms with van der Waals surface area (Å²) >= 11 is 0. The molecule has 3 rings (SSSR count). The predicted octanol–water partition coefficient (Wildman–Crippen LogP) is 2.41. The molecule has 0 fully saturated rings. The van der Waals surface area contributed by atoms with E-state index < -0.39 is 0 Å². The summed E-state index contributed by atoms with van der Waals surface area (Å²) in [7, 11) is 2.05. The quantitative estimate of drug-likeness (QED) is 0.779. The van der Waals surface area contributed by atoms with E-state index in [1.807, 2.05) is 31.3 Å². The van der Waals surface area contributed by atoms with Gasteiger partial charge in [0.25, 0.3) is 0 Å². The molecule has 0 aliphatic rings. The molecule has 0 aliphatic carbocycles. The van der Waals surface area contributed by atoms with Crippen molar-refractivity contribution >= 4 is 11.0 Å². The van der Waals surface area contributed by atoms with Gasteiger partial charge in [0.15, 0.2) is 0 Å². The number of fused-ring (bicyclic) bond motifs is 1. The number of hydrogen-bond acceptors (Lipinski definition) is 3. The maximum absolute atomic E-state index is 5.76. The lowest BCUT2D eigenvalue weighted by atomic mass is 10.2. The van der Waals surface area contributed by atoms with E-state index in [2.05, 4.69) is 10.6 Å². The van der Waals surface area contributed by atoms with Crippen LogP contribution in [0.4, 0.5) is 0 Å². The van der Waals surface area contributed by atoms with Gasteiger partial charge < -0.3 is 14.7 Å². The molecule has 0 spiro atoms. The van der Waals surface area contributed by atoms with Crippen molar-refractivity contribution < 1.29 is 4.42 Å². The highest BCUT2D eigenvalue weighted by Crippen LogP contribution is 2.20. The molecule has 0 amide bonds. The Bertz CT molecular complexity index is 683. The molecule has 0 bridgehead atoms. The first-order valence-electron chi connectivity index (χ1n) is 6.45. The van der Waals surface area contributed by atoms with Gasteiger partial charge in [-0.25, -0.2) is 4.98 Å². The topological polar surface area (TPSA) is 57.0 Å². The molecule has 1 aromatic carbocycles. The van der Waals surface area contributed by atoms with Crippen LogP contribution >= 0.6 is 0 Å². The van der Waals surface area contributed by atoms with Gasteiger partial charge in [0, 0.05) is 26.4 Å². The first-order valence-corrected chi connectivity index (χ1v) is 6.45. The van der Waals surface area contributed by atoms with E-state index >= 15 is 0 Å². The van der Waals surface area contributed by atoms with Crippen molar-refractivity contribution in [1.82, 2.24) is 9.55 Å². The standard InChI is InChI=1S/C15H17N3O/c1-18-13-6-2-4-11(10-16)15(13)17-14(18)8-7-12-5-3-9-19-12/h2-6,9H,7-8,10,16H2,1H3. The van der Waals surface area contributed by atoms with Crippen molar-refractivity contribution in [1.29, 1.82) is 0 Å². The maximum Gasteiger partial charge on any atom is 0.110 e. The molecule has 0 saturated carbocycles. The minimum absolute atomic E-state index is 0.520. The number of aromatic nitrogens is 2. The Balaban J connectivity index is 1.93. The zero-order valence-corrected chi connectivity index (χ0v) is 11.0. The van der Waals surface area contributed by atoms with Crippen molar-refractivity contribution in [2.24, 2.45) is 12.8 Å². The normalized spacial score (nSPS) is 11.3. The number of imidazole rings is 1. The Kier molecular flexibility index (Phi) is 3.09. The summed E-state index contributed by atoms with van der Waals surface area (Å²) in [5.74, 6) is 2.05. The second-order valence-electron chi connectivity index (χ2n) is 4.66. The average molecular weight is 255 g/mol. The van der Waals surface area contributed by atoms with Crippen LogP contribution in [0, 0.1) is 0 Å². The van der Waals surface area contributed by atoms with Gasteiger partial charge in [-0.1, -0.05) is 12.1 Å².